The van der Waals surface area contributed by atoms with Crippen LogP contribution in [-0.2, 0) is 4.74 Å². The van der Waals surface area contributed by atoms with Crippen molar-refractivity contribution in [3.05, 3.63) is 72.9 Å². The molecule has 0 fully saturated rings. The standard InChI is InChI=1S/C60H110N2O3/c1-7-10-13-16-19-22-25-28-31-34-37-40-43-46-49-53-58(65-59(63)62(6)57-52-56-61(4)5)60(64,54-50-47-44-41-38-35-32-29-26-23-20-17-14-11-8-2)55-51-48-45-42-39-36-33-30-27-24-21-18-15-12-9-3/h17-22,26-31,58,64H,7-16,23-25,32-57H2,1-6H3/b20-17-,21-18-,22-19-,29-26-,30-27-,31-28-. The topological polar surface area (TPSA) is 53.0 Å². The lowest BCUT2D eigenvalue weighted by atomic mass is 9.82. The predicted octanol–water partition coefficient (Wildman–Crippen LogP) is 18.5. The maximum atomic E-state index is 13.6. The minimum atomic E-state index is -0.985. The van der Waals surface area contributed by atoms with Crippen molar-refractivity contribution in [3.63, 3.8) is 0 Å². The summed E-state index contributed by atoms with van der Waals surface area (Å²) in [6.07, 6.45) is 69.4. The van der Waals surface area contributed by atoms with Gasteiger partial charge in [0.1, 0.15) is 11.7 Å². The van der Waals surface area contributed by atoms with E-state index in [-0.39, 0.29) is 6.09 Å². The van der Waals surface area contributed by atoms with E-state index in [4.69, 9.17) is 4.74 Å². The van der Waals surface area contributed by atoms with Crippen LogP contribution in [0.5, 0.6) is 0 Å². The van der Waals surface area contributed by atoms with Crippen LogP contribution in [0.3, 0.4) is 0 Å². The first-order chi connectivity index (χ1) is 31.8. The van der Waals surface area contributed by atoms with E-state index in [2.05, 4.69) is 113 Å². The fourth-order valence-electron chi connectivity index (χ4n) is 8.41. The highest BCUT2D eigenvalue weighted by molar-refractivity contribution is 5.67. The summed E-state index contributed by atoms with van der Waals surface area (Å²) in [6.45, 7) is 8.34. The highest BCUT2D eigenvalue weighted by Gasteiger charge is 2.38. The molecule has 0 heterocycles. The van der Waals surface area contributed by atoms with Gasteiger partial charge in [-0.15, -0.1) is 0 Å². The number of unbranched alkanes of at least 4 members (excludes halogenated alkanes) is 24. The van der Waals surface area contributed by atoms with Gasteiger partial charge in [0.05, 0.1) is 0 Å². The fourth-order valence-corrected chi connectivity index (χ4v) is 8.41. The Labute approximate surface area is 406 Å². The van der Waals surface area contributed by atoms with Gasteiger partial charge >= 0.3 is 6.09 Å². The number of hydrogen-bond donors (Lipinski definition) is 1. The number of amides is 1. The highest BCUT2D eigenvalue weighted by Crippen LogP contribution is 2.32. The first-order valence-electron chi connectivity index (χ1n) is 28.0. The zero-order valence-corrected chi connectivity index (χ0v) is 44.2. The van der Waals surface area contributed by atoms with Crippen molar-refractivity contribution in [3.8, 4) is 0 Å². The molecule has 0 aliphatic carbocycles. The maximum absolute atomic E-state index is 13.6. The zero-order valence-electron chi connectivity index (χ0n) is 44.2. The molecule has 65 heavy (non-hydrogen) atoms. The van der Waals surface area contributed by atoms with E-state index in [0.29, 0.717) is 19.4 Å². The van der Waals surface area contributed by atoms with Crippen molar-refractivity contribution in [2.24, 2.45) is 0 Å². The third-order valence-electron chi connectivity index (χ3n) is 12.8. The Hall–Kier alpha value is -2.37. The number of hydrogen-bond acceptors (Lipinski definition) is 4. The minimum Gasteiger partial charge on any atom is -0.443 e. The molecule has 0 spiro atoms. The van der Waals surface area contributed by atoms with Gasteiger partial charge in [0.2, 0.25) is 0 Å². The molecule has 5 nitrogen and oxygen atoms in total. The van der Waals surface area contributed by atoms with Crippen LogP contribution < -0.4 is 0 Å². The van der Waals surface area contributed by atoms with Crippen LogP contribution in [0.15, 0.2) is 72.9 Å². The summed E-state index contributed by atoms with van der Waals surface area (Å²) in [6, 6.07) is 0. The van der Waals surface area contributed by atoms with Crippen LogP contribution in [0.25, 0.3) is 0 Å². The number of carbonyl (C=O) groups is 1. The maximum Gasteiger partial charge on any atom is 0.409 e. The number of ether oxygens (including phenoxy) is 1. The summed E-state index contributed by atoms with van der Waals surface area (Å²) in [5, 5.41) is 12.6. The van der Waals surface area contributed by atoms with Gasteiger partial charge in [-0.05, 0) is 136 Å². The van der Waals surface area contributed by atoms with Crippen LogP contribution in [0.2, 0.25) is 0 Å². The fraction of sp³-hybridized carbons (Fsp3) is 0.783. The van der Waals surface area contributed by atoms with Crippen molar-refractivity contribution in [2.45, 2.75) is 270 Å². The Balaban J connectivity index is 5.30. The number of nitrogens with zero attached hydrogens (tertiary/aromatic N) is 2. The van der Waals surface area contributed by atoms with Crippen molar-refractivity contribution >= 4 is 6.09 Å². The van der Waals surface area contributed by atoms with E-state index in [1.54, 1.807) is 4.90 Å². The largest absolute Gasteiger partial charge is 0.443 e. The molecule has 0 aliphatic rings. The number of aliphatic hydroxyl groups is 1. The molecule has 0 radical (unpaired) electrons. The van der Waals surface area contributed by atoms with E-state index in [1.807, 2.05) is 7.05 Å². The van der Waals surface area contributed by atoms with Gasteiger partial charge in [0.25, 0.3) is 0 Å². The van der Waals surface area contributed by atoms with Crippen LogP contribution >= 0.6 is 0 Å². The van der Waals surface area contributed by atoms with Gasteiger partial charge in [0.15, 0.2) is 0 Å². The first-order valence-corrected chi connectivity index (χ1v) is 28.0. The van der Waals surface area contributed by atoms with Crippen molar-refractivity contribution in [1.82, 2.24) is 9.80 Å². The van der Waals surface area contributed by atoms with Gasteiger partial charge in [-0.3, -0.25) is 0 Å². The highest BCUT2D eigenvalue weighted by atomic mass is 16.6. The average molecular weight is 908 g/mol. The van der Waals surface area contributed by atoms with Crippen molar-refractivity contribution in [2.75, 3.05) is 34.2 Å². The second kappa shape index (κ2) is 49.5. The molecular formula is C60H110N2O3. The van der Waals surface area contributed by atoms with E-state index >= 15 is 0 Å². The average Bonchev–Trinajstić information content (AvgIpc) is 3.29. The lowest BCUT2D eigenvalue weighted by molar-refractivity contribution is -0.101. The molecule has 0 saturated heterocycles. The van der Waals surface area contributed by atoms with Gasteiger partial charge in [0, 0.05) is 13.6 Å². The zero-order chi connectivity index (χ0) is 47.6. The van der Waals surface area contributed by atoms with Crippen LogP contribution in [0.4, 0.5) is 4.79 Å². The van der Waals surface area contributed by atoms with Gasteiger partial charge < -0.3 is 19.6 Å². The molecule has 378 valence electrons. The van der Waals surface area contributed by atoms with Crippen LogP contribution in [0.1, 0.15) is 258 Å². The lowest BCUT2D eigenvalue weighted by Crippen LogP contribution is -2.47. The molecule has 5 heteroatoms. The van der Waals surface area contributed by atoms with E-state index in [1.165, 1.54) is 148 Å². The van der Waals surface area contributed by atoms with E-state index < -0.39 is 11.7 Å². The molecular weight excluding hydrogens is 797 g/mol. The number of rotatable bonds is 48. The Bertz CT molecular complexity index is 1140. The van der Waals surface area contributed by atoms with Gasteiger partial charge in [-0.2, -0.15) is 0 Å². The Morgan fingerprint density at radius 1 is 0.431 bits per heavy atom. The molecule has 1 amide bonds. The lowest BCUT2D eigenvalue weighted by Gasteiger charge is -2.37. The van der Waals surface area contributed by atoms with Gasteiger partial charge in [-0.25, -0.2) is 4.79 Å². The summed E-state index contributed by atoms with van der Waals surface area (Å²) >= 11 is 0. The Morgan fingerprint density at radius 3 is 1.15 bits per heavy atom. The molecule has 0 saturated carbocycles. The van der Waals surface area contributed by atoms with Crippen molar-refractivity contribution in [1.29, 1.82) is 0 Å². The third kappa shape index (κ3) is 43.9. The molecule has 0 bridgehead atoms. The molecule has 1 N–H and O–H groups in total. The first kappa shape index (κ1) is 62.6. The predicted molar refractivity (Wildman–Crippen MR) is 289 cm³/mol. The van der Waals surface area contributed by atoms with E-state index in [0.717, 1.165) is 83.6 Å². The Kier molecular flexibility index (Phi) is 47.7. The summed E-state index contributed by atoms with van der Waals surface area (Å²) in [7, 11) is 6.00. The second-order valence-electron chi connectivity index (χ2n) is 19.5. The molecule has 1 unspecified atom stereocenters. The molecule has 0 aromatic rings. The molecule has 0 aromatic carbocycles. The molecule has 0 aromatic heterocycles. The quantitative estimate of drug-likeness (QED) is 0.0488. The summed E-state index contributed by atoms with van der Waals surface area (Å²) in [4.78, 5) is 17.5. The minimum absolute atomic E-state index is 0.280. The molecule has 0 rings (SSSR count). The SMILES string of the molecule is CCCC/C=C\C/C=C\CCCCCCCCC(O)(CCCCCCCC/C=C\C/C=C\CCCC)C(CCCCCCC/C=C\C/C=C\CCCCC)OC(=O)N(C)CCCN(C)C. The normalized spacial score (nSPS) is 13.2. The molecule has 0 aliphatic heterocycles. The monoisotopic (exact) mass is 907 g/mol. The van der Waals surface area contributed by atoms with Crippen LogP contribution in [0, 0.1) is 0 Å². The van der Waals surface area contributed by atoms with Gasteiger partial charge in [-0.1, -0.05) is 216 Å². The second-order valence-corrected chi connectivity index (χ2v) is 19.5. The molecule has 1 atom stereocenters. The summed E-state index contributed by atoms with van der Waals surface area (Å²) in [5.41, 5.74) is -0.985. The number of carbonyl (C=O) groups excluding carboxylic acids is 1. The van der Waals surface area contributed by atoms with Crippen LogP contribution in [-0.4, -0.2) is 66.9 Å². The van der Waals surface area contributed by atoms with E-state index in [9.17, 15) is 9.90 Å². The summed E-state index contributed by atoms with van der Waals surface area (Å²) < 4.78 is 6.39. The third-order valence-corrected chi connectivity index (χ3v) is 12.8. The summed E-state index contributed by atoms with van der Waals surface area (Å²) in [5.74, 6) is 0. The number of allylic oxidation sites excluding steroid dienone is 12. The van der Waals surface area contributed by atoms with Crippen molar-refractivity contribution < 1.29 is 14.6 Å². The Morgan fingerprint density at radius 2 is 0.769 bits per heavy atom. The smallest absolute Gasteiger partial charge is 0.409 e.